The molecule has 0 atom stereocenters. The molecule has 2 aromatic rings. The molecule has 2 heterocycles. The monoisotopic (exact) mass is 484 g/mol. The molecule has 1 fully saturated rings. The van der Waals surface area contributed by atoms with Crippen LogP contribution in [-0.2, 0) is 21.4 Å². The summed E-state index contributed by atoms with van der Waals surface area (Å²) < 4.78 is 28.1. The Morgan fingerprint density at radius 2 is 1.93 bits per heavy atom. The number of hydrogen-bond acceptors (Lipinski definition) is 5. The number of sulfonamides is 1. The number of rotatable bonds is 6. The van der Waals surface area contributed by atoms with Gasteiger partial charge in [-0.15, -0.1) is 11.3 Å². The molecule has 0 aliphatic carbocycles. The second-order valence-electron chi connectivity index (χ2n) is 6.69. The van der Waals surface area contributed by atoms with Crippen LogP contribution in [0.5, 0.6) is 0 Å². The van der Waals surface area contributed by atoms with Crippen LogP contribution in [0.15, 0.2) is 45.1 Å². The molecule has 0 unspecified atom stereocenters. The van der Waals surface area contributed by atoms with Crippen LogP contribution in [-0.4, -0.2) is 37.5 Å². The number of Topliss-reactive ketones (excluding diaryl/α,β-unsaturated/α-hetero) is 1. The van der Waals surface area contributed by atoms with Gasteiger partial charge in [-0.05, 0) is 60.0 Å². The van der Waals surface area contributed by atoms with Gasteiger partial charge < -0.3 is 5.32 Å². The number of carbonyl (C=O) groups is 2. The van der Waals surface area contributed by atoms with Gasteiger partial charge in [-0.1, -0.05) is 12.1 Å². The van der Waals surface area contributed by atoms with E-state index >= 15 is 0 Å². The SMILES string of the molecule is CC(=O)c1cccc(S(=O)(=O)N2CCC(C(=O)NCc3ccc(Br)s3)CC2)c1. The lowest BCUT2D eigenvalue weighted by Gasteiger charge is -2.30. The highest BCUT2D eigenvalue weighted by Crippen LogP contribution is 2.25. The number of benzene rings is 1. The van der Waals surface area contributed by atoms with E-state index in [4.69, 9.17) is 0 Å². The van der Waals surface area contributed by atoms with Crippen LogP contribution in [0.25, 0.3) is 0 Å². The van der Waals surface area contributed by atoms with Gasteiger partial charge in [-0.3, -0.25) is 9.59 Å². The van der Waals surface area contributed by atoms with Crippen molar-refractivity contribution in [1.82, 2.24) is 9.62 Å². The quantitative estimate of drug-likeness (QED) is 0.636. The first-order chi connectivity index (χ1) is 13.3. The van der Waals surface area contributed by atoms with Crippen LogP contribution in [0, 0.1) is 5.92 Å². The summed E-state index contributed by atoms with van der Waals surface area (Å²) in [5.74, 6) is -0.413. The second kappa shape index (κ2) is 8.86. The van der Waals surface area contributed by atoms with E-state index in [2.05, 4.69) is 21.2 Å². The fourth-order valence-electron chi connectivity index (χ4n) is 3.15. The Morgan fingerprint density at radius 3 is 2.54 bits per heavy atom. The fourth-order valence-corrected chi connectivity index (χ4v) is 6.09. The van der Waals surface area contributed by atoms with Crippen LogP contribution in [0.2, 0.25) is 0 Å². The minimum absolute atomic E-state index is 0.0415. The molecule has 0 spiro atoms. The Balaban J connectivity index is 1.58. The molecule has 1 aromatic heterocycles. The molecule has 3 rings (SSSR count). The normalized spacial score (nSPS) is 16.1. The lowest BCUT2D eigenvalue weighted by atomic mass is 9.97. The summed E-state index contributed by atoms with van der Waals surface area (Å²) in [5.41, 5.74) is 0.371. The smallest absolute Gasteiger partial charge is 0.243 e. The second-order valence-corrected chi connectivity index (χ2v) is 11.2. The molecule has 0 radical (unpaired) electrons. The Morgan fingerprint density at radius 1 is 1.21 bits per heavy atom. The molecule has 150 valence electrons. The third kappa shape index (κ3) is 4.89. The van der Waals surface area contributed by atoms with Crippen molar-refractivity contribution in [2.45, 2.75) is 31.2 Å². The molecule has 1 aliphatic heterocycles. The lowest BCUT2D eigenvalue weighted by molar-refractivity contribution is -0.126. The van der Waals surface area contributed by atoms with Crippen molar-refractivity contribution in [3.63, 3.8) is 0 Å². The molecule has 28 heavy (non-hydrogen) atoms. The van der Waals surface area contributed by atoms with Crippen molar-refractivity contribution in [3.05, 3.63) is 50.6 Å². The summed E-state index contributed by atoms with van der Waals surface area (Å²) in [5, 5.41) is 2.93. The number of hydrogen-bond donors (Lipinski definition) is 1. The highest BCUT2D eigenvalue weighted by atomic mass is 79.9. The molecular weight excluding hydrogens is 464 g/mol. The topological polar surface area (TPSA) is 83.6 Å². The first-order valence-corrected chi connectivity index (χ1v) is 12.0. The maximum absolute atomic E-state index is 12.9. The van der Waals surface area contributed by atoms with E-state index in [-0.39, 0.29) is 35.6 Å². The van der Waals surface area contributed by atoms with E-state index in [1.807, 2.05) is 12.1 Å². The Hall–Kier alpha value is -1.55. The fraction of sp³-hybridized carbons (Fsp3) is 0.368. The van der Waals surface area contributed by atoms with Gasteiger partial charge in [-0.25, -0.2) is 8.42 Å². The largest absolute Gasteiger partial charge is 0.351 e. The van der Waals surface area contributed by atoms with Crippen molar-refractivity contribution >= 4 is 49.0 Å². The summed E-state index contributed by atoms with van der Waals surface area (Å²) in [7, 11) is -3.67. The molecule has 9 heteroatoms. The van der Waals surface area contributed by atoms with Gasteiger partial charge in [0.05, 0.1) is 15.2 Å². The van der Waals surface area contributed by atoms with Gasteiger partial charge in [0.2, 0.25) is 15.9 Å². The molecule has 0 bridgehead atoms. The van der Waals surface area contributed by atoms with Crippen molar-refractivity contribution in [3.8, 4) is 0 Å². The maximum Gasteiger partial charge on any atom is 0.243 e. The van der Waals surface area contributed by atoms with E-state index < -0.39 is 10.0 Å². The van der Waals surface area contributed by atoms with Crippen LogP contribution in [0.3, 0.4) is 0 Å². The number of halogens is 1. The summed E-state index contributed by atoms with van der Waals surface area (Å²) in [6.07, 6.45) is 0.956. The van der Waals surface area contributed by atoms with Crippen LogP contribution < -0.4 is 5.32 Å². The van der Waals surface area contributed by atoms with E-state index in [1.165, 1.54) is 23.4 Å². The predicted molar refractivity (Wildman–Crippen MR) is 112 cm³/mol. The molecule has 1 amide bonds. The number of ketones is 1. The number of amides is 1. The Bertz CT molecular complexity index is 979. The molecular formula is C19H21BrN2O4S2. The number of carbonyl (C=O) groups excluding carboxylic acids is 2. The van der Waals surface area contributed by atoms with Crippen molar-refractivity contribution in [1.29, 1.82) is 0 Å². The van der Waals surface area contributed by atoms with Crippen LogP contribution >= 0.6 is 27.3 Å². The van der Waals surface area contributed by atoms with E-state index in [0.717, 1.165) is 8.66 Å². The summed E-state index contributed by atoms with van der Waals surface area (Å²) >= 11 is 4.97. The van der Waals surface area contributed by atoms with Gasteiger partial charge in [0.1, 0.15) is 0 Å². The minimum Gasteiger partial charge on any atom is -0.351 e. The Kier molecular flexibility index (Phi) is 6.69. The minimum atomic E-state index is -3.67. The van der Waals surface area contributed by atoms with Crippen molar-refractivity contribution in [2.75, 3.05) is 13.1 Å². The third-order valence-electron chi connectivity index (χ3n) is 4.77. The summed E-state index contributed by atoms with van der Waals surface area (Å²) in [6.45, 7) is 2.46. The van der Waals surface area contributed by atoms with Crippen LogP contribution in [0.4, 0.5) is 0 Å². The molecule has 1 N–H and O–H groups in total. The molecule has 1 aromatic carbocycles. The van der Waals surface area contributed by atoms with Crippen molar-refractivity contribution < 1.29 is 18.0 Å². The molecule has 1 saturated heterocycles. The van der Waals surface area contributed by atoms with E-state index in [0.29, 0.717) is 24.9 Å². The molecule has 6 nitrogen and oxygen atoms in total. The van der Waals surface area contributed by atoms with Gasteiger partial charge >= 0.3 is 0 Å². The van der Waals surface area contributed by atoms with Gasteiger partial charge in [0, 0.05) is 29.4 Å². The zero-order valence-corrected chi connectivity index (χ0v) is 18.6. The molecule has 0 saturated carbocycles. The predicted octanol–water partition coefficient (Wildman–Crippen LogP) is 3.43. The zero-order chi connectivity index (χ0) is 20.3. The summed E-state index contributed by atoms with van der Waals surface area (Å²) in [4.78, 5) is 25.1. The highest BCUT2D eigenvalue weighted by Gasteiger charge is 2.32. The maximum atomic E-state index is 12.9. The number of nitrogens with zero attached hydrogens (tertiary/aromatic N) is 1. The Labute approximate surface area is 177 Å². The number of thiophene rings is 1. The number of piperidine rings is 1. The molecule has 1 aliphatic rings. The summed E-state index contributed by atoms with van der Waals surface area (Å²) in [6, 6.07) is 9.99. The van der Waals surface area contributed by atoms with E-state index in [9.17, 15) is 18.0 Å². The van der Waals surface area contributed by atoms with Gasteiger partial charge in [0.15, 0.2) is 5.78 Å². The number of nitrogens with one attached hydrogen (secondary N) is 1. The van der Waals surface area contributed by atoms with Gasteiger partial charge in [-0.2, -0.15) is 4.31 Å². The average Bonchev–Trinajstić information content (AvgIpc) is 3.11. The first kappa shape index (κ1) is 21.2. The van der Waals surface area contributed by atoms with Crippen LogP contribution in [0.1, 0.15) is 35.0 Å². The zero-order valence-electron chi connectivity index (χ0n) is 15.4. The van der Waals surface area contributed by atoms with Crippen molar-refractivity contribution in [2.24, 2.45) is 5.92 Å². The first-order valence-electron chi connectivity index (χ1n) is 8.90. The highest BCUT2D eigenvalue weighted by molar-refractivity contribution is 9.11. The average molecular weight is 485 g/mol. The van der Waals surface area contributed by atoms with E-state index in [1.54, 1.807) is 23.5 Å². The van der Waals surface area contributed by atoms with Gasteiger partial charge in [0.25, 0.3) is 0 Å². The standard InChI is InChI=1S/C19H21BrN2O4S2/c1-13(23)15-3-2-4-17(11-15)28(25,26)22-9-7-14(8-10-22)19(24)21-12-16-5-6-18(20)27-16/h2-6,11,14H,7-10,12H2,1H3,(H,21,24). The third-order valence-corrected chi connectivity index (χ3v) is 8.29. The lowest BCUT2D eigenvalue weighted by Crippen LogP contribution is -2.42.